The maximum absolute atomic E-state index is 5.61. The molecule has 1 N–H and O–H groups in total. The fourth-order valence-corrected chi connectivity index (χ4v) is 1.71. The average molecular weight is 287 g/mol. The molecule has 2 rings (SSSR count). The molecule has 0 atom stereocenters. The molecule has 21 heavy (non-hydrogen) atoms. The summed E-state index contributed by atoms with van der Waals surface area (Å²) in [7, 11) is 0. The molecule has 5 heteroatoms. The number of aromatic nitrogens is 2. The van der Waals surface area contributed by atoms with Crippen molar-refractivity contribution in [2.75, 3.05) is 18.5 Å². The van der Waals surface area contributed by atoms with Gasteiger partial charge in [-0.15, -0.1) is 0 Å². The van der Waals surface area contributed by atoms with E-state index in [1.54, 1.807) is 12.3 Å². The minimum atomic E-state index is 0.104. The minimum absolute atomic E-state index is 0.104. The van der Waals surface area contributed by atoms with Crippen molar-refractivity contribution in [3.8, 4) is 11.6 Å². The van der Waals surface area contributed by atoms with Crippen LogP contribution in [0.15, 0.2) is 42.6 Å². The van der Waals surface area contributed by atoms with Gasteiger partial charge in [-0.2, -0.15) is 4.98 Å². The van der Waals surface area contributed by atoms with E-state index in [0.29, 0.717) is 18.4 Å². The quantitative estimate of drug-likeness (QED) is 0.756. The van der Waals surface area contributed by atoms with Crippen molar-refractivity contribution < 1.29 is 9.47 Å². The molecule has 0 unspecified atom stereocenters. The molecule has 0 aliphatic carbocycles. The van der Waals surface area contributed by atoms with Gasteiger partial charge in [0.05, 0.1) is 12.7 Å². The number of nitrogens with zero attached hydrogens (tertiary/aromatic N) is 2. The van der Waals surface area contributed by atoms with E-state index in [1.807, 2.05) is 44.2 Å². The predicted octanol–water partition coefficient (Wildman–Crippen LogP) is 3.14. The lowest BCUT2D eigenvalue weighted by Gasteiger charge is -2.10. The summed E-state index contributed by atoms with van der Waals surface area (Å²) < 4.78 is 11.1. The van der Waals surface area contributed by atoms with Crippen LogP contribution in [-0.4, -0.2) is 29.2 Å². The number of nitrogens with one attached hydrogen (secondary N) is 1. The number of anilines is 1. The fraction of sp³-hybridized carbons (Fsp3) is 0.375. The lowest BCUT2D eigenvalue weighted by molar-refractivity contribution is 0.232. The van der Waals surface area contributed by atoms with Crippen LogP contribution in [0.1, 0.15) is 20.3 Å². The van der Waals surface area contributed by atoms with Gasteiger partial charge in [0, 0.05) is 18.8 Å². The van der Waals surface area contributed by atoms with E-state index in [-0.39, 0.29) is 6.10 Å². The Hall–Kier alpha value is -2.30. The van der Waals surface area contributed by atoms with Crippen molar-refractivity contribution in [2.45, 2.75) is 26.4 Å². The van der Waals surface area contributed by atoms with Crippen LogP contribution in [0.4, 0.5) is 5.95 Å². The largest absolute Gasteiger partial charge is 0.494 e. The third kappa shape index (κ3) is 5.69. The standard InChI is InChI=1S/C16H21N3O2/c1-13(2)21-15-9-11-18-16(19-15)17-10-6-12-20-14-7-4-3-5-8-14/h3-5,7-9,11,13H,6,10,12H2,1-2H3,(H,17,18,19). The molecule has 0 saturated carbocycles. The molecule has 0 amide bonds. The molecule has 2 aromatic rings. The molecule has 0 bridgehead atoms. The van der Waals surface area contributed by atoms with Crippen molar-refractivity contribution >= 4 is 5.95 Å². The van der Waals surface area contributed by atoms with Gasteiger partial charge in [-0.3, -0.25) is 0 Å². The van der Waals surface area contributed by atoms with E-state index in [1.165, 1.54) is 0 Å². The van der Waals surface area contributed by atoms with E-state index in [9.17, 15) is 0 Å². The van der Waals surface area contributed by atoms with Crippen LogP contribution in [0.3, 0.4) is 0 Å². The zero-order valence-corrected chi connectivity index (χ0v) is 12.5. The maximum Gasteiger partial charge on any atom is 0.225 e. The number of rotatable bonds is 8. The summed E-state index contributed by atoms with van der Waals surface area (Å²) in [5.41, 5.74) is 0. The smallest absolute Gasteiger partial charge is 0.225 e. The molecule has 1 aromatic heterocycles. The van der Waals surface area contributed by atoms with E-state index in [4.69, 9.17) is 9.47 Å². The first-order valence-electron chi connectivity index (χ1n) is 7.15. The zero-order chi connectivity index (χ0) is 14.9. The Morgan fingerprint density at radius 2 is 1.95 bits per heavy atom. The van der Waals surface area contributed by atoms with Crippen LogP contribution < -0.4 is 14.8 Å². The number of hydrogen-bond acceptors (Lipinski definition) is 5. The second-order valence-electron chi connectivity index (χ2n) is 4.83. The van der Waals surface area contributed by atoms with Gasteiger partial charge in [0.2, 0.25) is 11.8 Å². The molecule has 0 aliphatic rings. The minimum Gasteiger partial charge on any atom is -0.494 e. The van der Waals surface area contributed by atoms with Crippen LogP contribution in [0.2, 0.25) is 0 Å². The first-order chi connectivity index (χ1) is 10.2. The lowest BCUT2D eigenvalue weighted by atomic mass is 10.3. The fourth-order valence-electron chi connectivity index (χ4n) is 1.71. The van der Waals surface area contributed by atoms with Crippen molar-refractivity contribution in [1.82, 2.24) is 9.97 Å². The van der Waals surface area contributed by atoms with Crippen molar-refractivity contribution in [3.05, 3.63) is 42.6 Å². The Bertz CT molecular complexity index is 532. The highest BCUT2D eigenvalue weighted by molar-refractivity contribution is 5.27. The summed E-state index contributed by atoms with van der Waals surface area (Å²) in [5, 5.41) is 3.16. The van der Waals surface area contributed by atoms with Gasteiger partial charge in [-0.05, 0) is 32.4 Å². The second-order valence-corrected chi connectivity index (χ2v) is 4.83. The van der Waals surface area contributed by atoms with Crippen LogP contribution >= 0.6 is 0 Å². The van der Waals surface area contributed by atoms with E-state index >= 15 is 0 Å². The predicted molar refractivity (Wildman–Crippen MR) is 82.8 cm³/mol. The van der Waals surface area contributed by atoms with Gasteiger partial charge in [0.15, 0.2) is 0 Å². The Balaban J connectivity index is 1.69. The van der Waals surface area contributed by atoms with Crippen molar-refractivity contribution in [1.29, 1.82) is 0 Å². The molecule has 0 saturated heterocycles. The summed E-state index contributed by atoms with van der Waals surface area (Å²) in [5.74, 6) is 2.05. The SMILES string of the molecule is CC(C)Oc1ccnc(NCCCOc2ccccc2)n1. The number of ether oxygens (including phenoxy) is 2. The Morgan fingerprint density at radius 3 is 2.71 bits per heavy atom. The number of para-hydroxylation sites is 1. The van der Waals surface area contributed by atoms with Crippen molar-refractivity contribution in [3.63, 3.8) is 0 Å². The van der Waals surface area contributed by atoms with E-state index < -0.39 is 0 Å². The monoisotopic (exact) mass is 287 g/mol. The molecular formula is C16H21N3O2. The van der Waals surface area contributed by atoms with Crippen LogP contribution in [0, 0.1) is 0 Å². The highest BCUT2D eigenvalue weighted by atomic mass is 16.5. The summed E-state index contributed by atoms with van der Waals surface area (Å²) in [6.07, 6.45) is 2.66. The van der Waals surface area contributed by atoms with Crippen LogP contribution in [0.25, 0.3) is 0 Å². The molecule has 5 nitrogen and oxygen atoms in total. The summed E-state index contributed by atoms with van der Waals surface area (Å²) in [6.45, 7) is 5.34. The highest BCUT2D eigenvalue weighted by Crippen LogP contribution is 2.11. The Kier molecular flexibility index (Phi) is 5.82. The van der Waals surface area contributed by atoms with Gasteiger partial charge < -0.3 is 14.8 Å². The van der Waals surface area contributed by atoms with Gasteiger partial charge in [-0.1, -0.05) is 18.2 Å². The second kappa shape index (κ2) is 8.09. The number of benzene rings is 1. The van der Waals surface area contributed by atoms with Gasteiger partial charge in [0.25, 0.3) is 0 Å². The van der Waals surface area contributed by atoms with E-state index in [0.717, 1.165) is 18.7 Å². The summed E-state index contributed by atoms with van der Waals surface area (Å²) in [4.78, 5) is 8.44. The average Bonchev–Trinajstić information content (AvgIpc) is 2.48. The van der Waals surface area contributed by atoms with Crippen LogP contribution in [-0.2, 0) is 0 Å². The summed E-state index contributed by atoms with van der Waals surface area (Å²) >= 11 is 0. The molecule has 0 aliphatic heterocycles. The normalized spacial score (nSPS) is 10.4. The summed E-state index contributed by atoms with van der Waals surface area (Å²) in [6, 6.07) is 11.5. The third-order valence-electron chi connectivity index (χ3n) is 2.60. The lowest BCUT2D eigenvalue weighted by Crippen LogP contribution is -2.11. The molecule has 0 radical (unpaired) electrons. The van der Waals surface area contributed by atoms with Crippen molar-refractivity contribution in [2.24, 2.45) is 0 Å². The first kappa shape index (κ1) is 15.1. The maximum atomic E-state index is 5.61. The molecule has 0 spiro atoms. The Morgan fingerprint density at radius 1 is 1.14 bits per heavy atom. The van der Waals surface area contributed by atoms with Gasteiger partial charge in [-0.25, -0.2) is 4.98 Å². The zero-order valence-electron chi connectivity index (χ0n) is 12.5. The third-order valence-corrected chi connectivity index (χ3v) is 2.60. The van der Waals surface area contributed by atoms with Gasteiger partial charge >= 0.3 is 0 Å². The molecular weight excluding hydrogens is 266 g/mol. The van der Waals surface area contributed by atoms with E-state index in [2.05, 4.69) is 15.3 Å². The topological polar surface area (TPSA) is 56.3 Å². The van der Waals surface area contributed by atoms with Gasteiger partial charge in [0.1, 0.15) is 5.75 Å². The highest BCUT2D eigenvalue weighted by Gasteiger charge is 2.01. The molecule has 1 heterocycles. The molecule has 0 fully saturated rings. The number of hydrogen-bond donors (Lipinski definition) is 1. The van der Waals surface area contributed by atoms with Crippen LogP contribution in [0.5, 0.6) is 11.6 Å². The first-order valence-corrected chi connectivity index (χ1v) is 7.15. The Labute approximate surface area is 125 Å². The molecule has 1 aromatic carbocycles. The molecule has 112 valence electrons.